The van der Waals surface area contributed by atoms with E-state index in [1.54, 1.807) is 0 Å². The molecule has 0 saturated carbocycles. The molecule has 0 aliphatic carbocycles. The van der Waals surface area contributed by atoms with Crippen molar-refractivity contribution >= 4 is 35.1 Å². The van der Waals surface area contributed by atoms with Gasteiger partial charge in [-0.2, -0.15) is 0 Å². The smallest absolute Gasteiger partial charge is 0.322 e. The molecule has 0 aliphatic heterocycles. The Kier molecular flexibility index (Phi) is 4.09. The molecule has 86 valence electrons. The van der Waals surface area contributed by atoms with Crippen molar-refractivity contribution in [3.05, 3.63) is 33.6 Å². The molecule has 0 radical (unpaired) electrons. The van der Waals surface area contributed by atoms with Crippen LogP contribution in [0.5, 0.6) is 0 Å². The average molecular weight is 265 g/mol. The van der Waals surface area contributed by atoms with Gasteiger partial charge in [-0.15, -0.1) is 0 Å². The number of aliphatic carboxylic acids is 1. The zero-order valence-electron chi connectivity index (χ0n) is 7.76. The van der Waals surface area contributed by atoms with Crippen LogP contribution >= 0.6 is 23.2 Å². The van der Waals surface area contributed by atoms with Crippen LogP contribution in [0.15, 0.2) is 12.1 Å². The van der Waals surface area contributed by atoms with Crippen LogP contribution in [-0.4, -0.2) is 23.5 Å². The number of hydrogen-bond donors (Lipinski definition) is 2. The number of carbonyl (C=O) groups is 2. The van der Waals surface area contributed by atoms with Gasteiger partial charge in [0.2, 0.25) is 0 Å². The highest BCUT2D eigenvalue weighted by molar-refractivity contribution is 6.35. The molecule has 0 saturated heterocycles. The van der Waals surface area contributed by atoms with Crippen LogP contribution in [0.2, 0.25) is 10.0 Å². The van der Waals surface area contributed by atoms with Gasteiger partial charge in [0.1, 0.15) is 12.4 Å². The van der Waals surface area contributed by atoms with Gasteiger partial charge in [0.25, 0.3) is 5.91 Å². The zero-order valence-corrected chi connectivity index (χ0v) is 9.27. The summed E-state index contributed by atoms with van der Waals surface area (Å²) >= 11 is 11.1. The summed E-state index contributed by atoms with van der Waals surface area (Å²) < 4.78 is 12.9. The topological polar surface area (TPSA) is 66.4 Å². The van der Waals surface area contributed by atoms with E-state index in [1.165, 1.54) is 0 Å². The zero-order chi connectivity index (χ0) is 12.3. The minimum atomic E-state index is -1.20. The quantitative estimate of drug-likeness (QED) is 0.821. The van der Waals surface area contributed by atoms with Crippen molar-refractivity contribution in [2.75, 3.05) is 6.54 Å². The van der Waals surface area contributed by atoms with Crippen LogP contribution in [0.4, 0.5) is 4.39 Å². The SMILES string of the molecule is O=C(O)CNC(=O)c1cc(Cl)c([18F])cc1Cl. The number of benzene rings is 1. The van der Waals surface area contributed by atoms with E-state index in [0.717, 1.165) is 12.1 Å². The molecular weight excluding hydrogens is 259 g/mol. The summed E-state index contributed by atoms with van der Waals surface area (Å²) in [5.74, 6) is -2.67. The maximum Gasteiger partial charge on any atom is 0.322 e. The maximum absolute atomic E-state index is 12.9. The van der Waals surface area contributed by atoms with Crippen LogP contribution in [-0.2, 0) is 4.79 Å². The summed E-state index contributed by atoms with van der Waals surface area (Å²) in [5.41, 5.74) is -0.0747. The van der Waals surface area contributed by atoms with Crippen molar-refractivity contribution in [2.24, 2.45) is 0 Å². The highest BCUT2D eigenvalue weighted by atomic mass is 35.5. The van der Waals surface area contributed by atoms with Gasteiger partial charge in [-0.1, -0.05) is 23.2 Å². The maximum atomic E-state index is 12.9. The first-order valence-electron chi connectivity index (χ1n) is 4.06. The molecule has 0 aromatic heterocycles. The standard InChI is InChI=1S/C9H6Cl2FNO3/c10-5-2-7(12)6(11)1-4(5)9(16)13-3-8(14)15/h1-2H,3H2,(H,13,16)(H,14,15)/i12-1. The number of carbonyl (C=O) groups excluding carboxylic acids is 1. The second kappa shape index (κ2) is 5.14. The van der Waals surface area contributed by atoms with Gasteiger partial charge >= 0.3 is 5.97 Å². The number of rotatable bonds is 3. The van der Waals surface area contributed by atoms with Gasteiger partial charge in [-0.3, -0.25) is 9.59 Å². The first-order valence-corrected chi connectivity index (χ1v) is 4.82. The highest BCUT2D eigenvalue weighted by Crippen LogP contribution is 2.23. The lowest BCUT2D eigenvalue weighted by Crippen LogP contribution is -2.29. The van der Waals surface area contributed by atoms with Gasteiger partial charge in [-0.25, -0.2) is 4.39 Å². The van der Waals surface area contributed by atoms with Crippen LogP contribution in [0.1, 0.15) is 10.4 Å². The Morgan fingerprint density at radius 2 is 1.94 bits per heavy atom. The summed E-state index contributed by atoms with van der Waals surface area (Å²) in [4.78, 5) is 21.6. The van der Waals surface area contributed by atoms with Crippen LogP contribution in [0, 0.1) is 5.82 Å². The molecule has 1 aromatic carbocycles. The molecule has 0 atom stereocenters. The largest absolute Gasteiger partial charge is 0.480 e. The first kappa shape index (κ1) is 12.7. The number of amides is 1. The predicted molar refractivity (Wildman–Crippen MR) is 56.4 cm³/mol. The third kappa shape index (κ3) is 3.08. The summed E-state index contributed by atoms with van der Waals surface area (Å²) in [6.07, 6.45) is 0. The van der Waals surface area contributed by atoms with Crippen LogP contribution in [0.25, 0.3) is 0 Å². The van der Waals surface area contributed by atoms with Crippen molar-refractivity contribution in [2.45, 2.75) is 0 Å². The molecule has 2 N–H and O–H groups in total. The van der Waals surface area contributed by atoms with Gasteiger partial charge in [0, 0.05) is 0 Å². The lowest BCUT2D eigenvalue weighted by atomic mass is 10.2. The average Bonchev–Trinajstić information content (AvgIpc) is 2.20. The van der Waals surface area contributed by atoms with Crippen molar-refractivity contribution in [1.29, 1.82) is 0 Å². The fourth-order valence-corrected chi connectivity index (χ4v) is 1.35. The Hall–Kier alpha value is -1.33. The lowest BCUT2D eigenvalue weighted by Gasteiger charge is -2.05. The molecule has 0 unspecified atom stereocenters. The van der Waals surface area contributed by atoms with E-state index < -0.39 is 24.2 Å². The predicted octanol–water partition coefficient (Wildman–Crippen LogP) is 1.95. The second-order valence-electron chi connectivity index (χ2n) is 2.82. The van der Waals surface area contributed by atoms with Gasteiger partial charge in [-0.05, 0) is 12.1 Å². The molecule has 0 spiro atoms. The Morgan fingerprint density at radius 1 is 1.31 bits per heavy atom. The minimum absolute atomic E-state index is 0.0747. The Labute approximate surface area is 100.0 Å². The van der Waals surface area contributed by atoms with E-state index in [1.807, 2.05) is 0 Å². The molecule has 7 heteroatoms. The Bertz CT molecular complexity index is 451. The second-order valence-corrected chi connectivity index (χ2v) is 3.64. The molecule has 16 heavy (non-hydrogen) atoms. The highest BCUT2D eigenvalue weighted by Gasteiger charge is 2.14. The van der Waals surface area contributed by atoms with E-state index in [9.17, 15) is 14.0 Å². The summed E-state index contributed by atoms with van der Waals surface area (Å²) in [7, 11) is 0. The van der Waals surface area contributed by atoms with Crippen LogP contribution < -0.4 is 5.32 Å². The van der Waals surface area contributed by atoms with Gasteiger partial charge in [0.15, 0.2) is 0 Å². The van der Waals surface area contributed by atoms with Crippen molar-refractivity contribution < 1.29 is 19.1 Å². The number of carboxylic acid groups (broad SMARTS) is 1. The Balaban J connectivity index is 2.91. The molecule has 0 heterocycles. The van der Waals surface area contributed by atoms with E-state index in [4.69, 9.17) is 28.3 Å². The van der Waals surface area contributed by atoms with E-state index >= 15 is 0 Å². The molecule has 1 aromatic rings. The summed E-state index contributed by atoms with van der Waals surface area (Å²) in [5, 5.41) is 10.0. The number of hydrogen-bond acceptors (Lipinski definition) is 2. The number of nitrogens with one attached hydrogen (secondary N) is 1. The van der Waals surface area contributed by atoms with E-state index in [0.29, 0.717) is 0 Å². The van der Waals surface area contributed by atoms with E-state index in [-0.39, 0.29) is 15.6 Å². The molecule has 4 nitrogen and oxygen atoms in total. The van der Waals surface area contributed by atoms with Crippen LogP contribution in [0.3, 0.4) is 0 Å². The molecule has 0 bridgehead atoms. The van der Waals surface area contributed by atoms with Crippen molar-refractivity contribution in [3.63, 3.8) is 0 Å². The number of carboxylic acids is 1. The Morgan fingerprint density at radius 3 is 2.50 bits per heavy atom. The fraction of sp³-hybridized carbons (Fsp3) is 0.111. The van der Waals surface area contributed by atoms with Crippen molar-refractivity contribution in [3.8, 4) is 0 Å². The summed E-state index contributed by atoms with van der Waals surface area (Å²) in [6, 6.07) is 1.93. The fourth-order valence-electron chi connectivity index (χ4n) is 0.948. The first-order chi connectivity index (χ1) is 7.41. The van der Waals surface area contributed by atoms with Gasteiger partial charge in [0.05, 0.1) is 15.6 Å². The molecule has 0 aliphatic rings. The molecular formula is C9H6Cl2FNO3. The third-order valence-corrected chi connectivity index (χ3v) is 2.26. The monoisotopic (exact) mass is 264 g/mol. The third-order valence-electron chi connectivity index (χ3n) is 1.65. The minimum Gasteiger partial charge on any atom is -0.480 e. The molecule has 1 rings (SSSR count). The van der Waals surface area contributed by atoms with E-state index in [2.05, 4.69) is 5.32 Å². The lowest BCUT2D eigenvalue weighted by molar-refractivity contribution is -0.135. The van der Waals surface area contributed by atoms with Crippen molar-refractivity contribution in [1.82, 2.24) is 5.32 Å². The molecule has 0 fully saturated rings. The van der Waals surface area contributed by atoms with Gasteiger partial charge < -0.3 is 10.4 Å². The number of halogens is 3. The molecule has 1 amide bonds. The summed E-state index contributed by atoms with van der Waals surface area (Å²) in [6.45, 7) is -0.551. The normalized spacial score (nSPS) is 9.94.